The molecule has 0 aromatic rings. The van der Waals surface area contributed by atoms with Crippen LogP contribution in [0.1, 0.15) is 58.3 Å². The van der Waals surface area contributed by atoms with Crippen molar-refractivity contribution < 1.29 is 4.79 Å². The molecule has 0 radical (unpaired) electrons. The Morgan fingerprint density at radius 2 is 2.00 bits per heavy atom. The Morgan fingerprint density at radius 3 is 2.61 bits per heavy atom. The molecule has 2 aliphatic rings. The van der Waals surface area contributed by atoms with Crippen LogP contribution in [0, 0.1) is 17.3 Å². The molecular formula is C15H28N2O. The number of carbonyl (C=O) groups is 1. The van der Waals surface area contributed by atoms with Crippen LogP contribution < -0.4 is 11.1 Å². The Bertz CT molecular complexity index is 284. The maximum Gasteiger partial charge on any atom is 0.223 e. The van der Waals surface area contributed by atoms with Gasteiger partial charge in [-0.2, -0.15) is 0 Å². The van der Waals surface area contributed by atoms with Crippen molar-refractivity contribution in [2.24, 2.45) is 23.0 Å². The monoisotopic (exact) mass is 252 g/mol. The van der Waals surface area contributed by atoms with Gasteiger partial charge in [0.2, 0.25) is 5.91 Å². The van der Waals surface area contributed by atoms with Crippen molar-refractivity contribution in [3.8, 4) is 0 Å². The highest BCUT2D eigenvalue weighted by molar-refractivity contribution is 5.79. The predicted molar refractivity (Wildman–Crippen MR) is 74.1 cm³/mol. The SMILES string of the molecule is CCC1(CNC(=O)C2CCCC2CN)CCCC1. The van der Waals surface area contributed by atoms with Gasteiger partial charge in [-0.15, -0.1) is 0 Å². The summed E-state index contributed by atoms with van der Waals surface area (Å²) in [7, 11) is 0. The smallest absolute Gasteiger partial charge is 0.223 e. The van der Waals surface area contributed by atoms with Crippen molar-refractivity contribution >= 4 is 5.91 Å². The molecule has 2 aliphatic carbocycles. The normalized spacial score (nSPS) is 30.6. The fourth-order valence-electron chi connectivity index (χ4n) is 3.85. The van der Waals surface area contributed by atoms with Gasteiger partial charge in [0.15, 0.2) is 0 Å². The molecule has 2 saturated carbocycles. The van der Waals surface area contributed by atoms with E-state index in [4.69, 9.17) is 5.73 Å². The molecule has 3 nitrogen and oxygen atoms in total. The zero-order valence-electron chi connectivity index (χ0n) is 11.7. The van der Waals surface area contributed by atoms with E-state index in [0.717, 1.165) is 19.4 Å². The average Bonchev–Trinajstić information content (AvgIpc) is 3.05. The third-order valence-corrected chi connectivity index (χ3v) is 5.35. The number of rotatable bonds is 5. The molecule has 0 spiro atoms. The topological polar surface area (TPSA) is 55.1 Å². The van der Waals surface area contributed by atoms with E-state index in [1.807, 2.05) is 0 Å². The summed E-state index contributed by atoms with van der Waals surface area (Å²) in [5.74, 6) is 0.874. The molecule has 0 bridgehead atoms. The van der Waals surface area contributed by atoms with Gasteiger partial charge in [0.05, 0.1) is 0 Å². The van der Waals surface area contributed by atoms with Gasteiger partial charge >= 0.3 is 0 Å². The van der Waals surface area contributed by atoms with Crippen LogP contribution in [0.2, 0.25) is 0 Å². The van der Waals surface area contributed by atoms with Crippen LogP contribution in [0.15, 0.2) is 0 Å². The number of nitrogens with one attached hydrogen (secondary N) is 1. The Kier molecular flexibility index (Phi) is 4.66. The average molecular weight is 252 g/mol. The molecule has 2 rings (SSSR count). The van der Waals surface area contributed by atoms with Crippen LogP contribution in [0.5, 0.6) is 0 Å². The molecule has 0 aromatic heterocycles. The largest absolute Gasteiger partial charge is 0.355 e. The molecule has 0 aromatic carbocycles. The Morgan fingerprint density at radius 1 is 1.28 bits per heavy atom. The maximum absolute atomic E-state index is 12.3. The molecule has 18 heavy (non-hydrogen) atoms. The third kappa shape index (κ3) is 2.87. The summed E-state index contributed by atoms with van der Waals surface area (Å²) in [6, 6.07) is 0. The van der Waals surface area contributed by atoms with Gasteiger partial charge in [0.25, 0.3) is 0 Å². The number of amides is 1. The molecule has 0 saturated heterocycles. The minimum Gasteiger partial charge on any atom is -0.355 e. The quantitative estimate of drug-likeness (QED) is 0.789. The van der Waals surface area contributed by atoms with Gasteiger partial charge in [-0.25, -0.2) is 0 Å². The lowest BCUT2D eigenvalue weighted by Gasteiger charge is -2.29. The molecule has 104 valence electrons. The number of nitrogens with two attached hydrogens (primary N) is 1. The fraction of sp³-hybridized carbons (Fsp3) is 0.933. The van der Waals surface area contributed by atoms with E-state index in [9.17, 15) is 4.79 Å². The summed E-state index contributed by atoms with van der Waals surface area (Å²) in [6.45, 7) is 3.81. The van der Waals surface area contributed by atoms with E-state index in [2.05, 4.69) is 12.2 Å². The first-order valence-corrected chi connectivity index (χ1v) is 7.68. The van der Waals surface area contributed by atoms with Crippen molar-refractivity contribution in [2.45, 2.75) is 58.3 Å². The standard InChI is InChI=1S/C15H28N2O/c1-2-15(8-3-4-9-15)11-17-14(18)13-7-5-6-12(13)10-16/h12-13H,2-11,16H2,1H3,(H,17,18). The second kappa shape index (κ2) is 6.05. The molecule has 0 aliphatic heterocycles. The highest BCUT2D eigenvalue weighted by Crippen LogP contribution is 2.40. The molecule has 2 unspecified atom stereocenters. The Balaban J connectivity index is 1.84. The first kappa shape index (κ1) is 13.9. The van der Waals surface area contributed by atoms with Gasteiger partial charge in [-0.05, 0) is 50.0 Å². The van der Waals surface area contributed by atoms with Crippen molar-refractivity contribution in [2.75, 3.05) is 13.1 Å². The van der Waals surface area contributed by atoms with Gasteiger partial charge in [-0.3, -0.25) is 4.79 Å². The summed E-state index contributed by atoms with van der Waals surface area (Å²) in [5, 5.41) is 3.23. The number of hydrogen-bond donors (Lipinski definition) is 2. The third-order valence-electron chi connectivity index (χ3n) is 5.35. The van der Waals surface area contributed by atoms with E-state index in [1.54, 1.807) is 0 Å². The van der Waals surface area contributed by atoms with E-state index < -0.39 is 0 Å². The second-order valence-electron chi connectivity index (χ2n) is 6.31. The lowest BCUT2D eigenvalue weighted by atomic mass is 9.83. The van der Waals surface area contributed by atoms with Gasteiger partial charge < -0.3 is 11.1 Å². The molecule has 2 fully saturated rings. The number of carbonyl (C=O) groups excluding carboxylic acids is 1. The highest BCUT2D eigenvalue weighted by Gasteiger charge is 2.35. The van der Waals surface area contributed by atoms with Crippen LogP contribution in [0.3, 0.4) is 0 Å². The summed E-state index contributed by atoms with van der Waals surface area (Å²) < 4.78 is 0. The minimum atomic E-state index is 0.185. The van der Waals surface area contributed by atoms with Crippen LogP contribution in [0.25, 0.3) is 0 Å². The molecule has 2 atom stereocenters. The van der Waals surface area contributed by atoms with Crippen LogP contribution in [-0.4, -0.2) is 19.0 Å². The summed E-state index contributed by atoms with van der Waals surface area (Å²) in [6.07, 6.45) is 9.76. The Hall–Kier alpha value is -0.570. The van der Waals surface area contributed by atoms with Gasteiger partial charge in [-0.1, -0.05) is 26.2 Å². The fourth-order valence-corrected chi connectivity index (χ4v) is 3.85. The molecule has 3 heteroatoms. The molecule has 3 N–H and O–H groups in total. The van der Waals surface area contributed by atoms with Crippen molar-refractivity contribution in [1.29, 1.82) is 0 Å². The predicted octanol–water partition coefficient (Wildman–Crippen LogP) is 2.45. The van der Waals surface area contributed by atoms with Gasteiger partial charge in [0.1, 0.15) is 0 Å². The lowest BCUT2D eigenvalue weighted by Crippen LogP contribution is -2.40. The summed E-state index contributed by atoms with van der Waals surface area (Å²) >= 11 is 0. The van der Waals surface area contributed by atoms with E-state index >= 15 is 0 Å². The highest BCUT2D eigenvalue weighted by atomic mass is 16.1. The molecule has 1 amide bonds. The zero-order valence-corrected chi connectivity index (χ0v) is 11.7. The second-order valence-corrected chi connectivity index (χ2v) is 6.31. The van der Waals surface area contributed by atoms with Crippen molar-refractivity contribution in [1.82, 2.24) is 5.32 Å². The van der Waals surface area contributed by atoms with E-state index in [-0.39, 0.29) is 11.8 Å². The maximum atomic E-state index is 12.3. The number of hydrogen-bond acceptors (Lipinski definition) is 2. The van der Waals surface area contributed by atoms with Gasteiger partial charge in [0, 0.05) is 12.5 Å². The van der Waals surface area contributed by atoms with E-state index in [1.165, 1.54) is 38.5 Å². The van der Waals surface area contributed by atoms with Crippen LogP contribution in [0.4, 0.5) is 0 Å². The van der Waals surface area contributed by atoms with E-state index in [0.29, 0.717) is 17.9 Å². The molecular weight excluding hydrogens is 224 g/mol. The first-order valence-electron chi connectivity index (χ1n) is 7.68. The van der Waals surface area contributed by atoms with Crippen LogP contribution in [-0.2, 0) is 4.79 Å². The van der Waals surface area contributed by atoms with Crippen molar-refractivity contribution in [3.63, 3.8) is 0 Å². The Labute approximate surface area is 111 Å². The van der Waals surface area contributed by atoms with Crippen LogP contribution >= 0.6 is 0 Å². The molecule has 0 heterocycles. The minimum absolute atomic E-state index is 0.185. The van der Waals surface area contributed by atoms with Crippen molar-refractivity contribution in [3.05, 3.63) is 0 Å². The lowest BCUT2D eigenvalue weighted by molar-refractivity contribution is -0.126. The summed E-state index contributed by atoms with van der Waals surface area (Å²) in [4.78, 5) is 12.3. The summed E-state index contributed by atoms with van der Waals surface area (Å²) in [5.41, 5.74) is 6.15. The first-order chi connectivity index (χ1) is 8.71. The zero-order chi connectivity index (χ0) is 13.0.